The van der Waals surface area contributed by atoms with Crippen LogP contribution in [0.25, 0.3) is 0 Å². The Kier molecular flexibility index (Phi) is 4.20. The first-order valence-corrected chi connectivity index (χ1v) is 6.00. The van der Waals surface area contributed by atoms with Crippen molar-refractivity contribution in [3.05, 3.63) is 59.4 Å². The summed E-state index contributed by atoms with van der Waals surface area (Å²) >= 11 is 0. The van der Waals surface area contributed by atoms with Crippen LogP contribution in [-0.4, -0.2) is 18.2 Å². The number of halogens is 1. The summed E-state index contributed by atoms with van der Waals surface area (Å²) in [6.07, 6.45) is 0. The van der Waals surface area contributed by atoms with E-state index in [0.29, 0.717) is 12.2 Å². The van der Waals surface area contributed by atoms with E-state index < -0.39 is 11.8 Å². The Bertz CT molecular complexity index is 611. The number of rotatable bonds is 5. The summed E-state index contributed by atoms with van der Waals surface area (Å²) in [6, 6.07) is 11.0. The highest BCUT2D eigenvalue weighted by Crippen LogP contribution is 2.19. The van der Waals surface area contributed by atoms with Crippen LogP contribution in [0.1, 0.15) is 15.9 Å². The van der Waals surface area contributed by atoms with Crippen molar-refractivity contribution in [1.29, 1.82) is 0 Å². The van der Waals surface area contributed by atoms with Gasteiger partial charge >= 0.3 is 5.97 Å². The zero-order valence-corrected chi connectivity index (χ0v) is 10.9. The molecule has 0 bridgehead atoms. The maximum Gasteiger partial charge on any atom is 0.337 e. The third-order valence-corrected chi connectivity index (χ3v) is 2.85. The average molecular weight is 275 g/mol. The molecule has 0 aliphatic heterocycles. The SMILES string of the molecule is COc1ccc(CNc2ccc(F)cc2C(=O)O)cc1. The smallest absolute Gasteiger partial charge is 0.337 e. The van der Waals surface area contributed by atoms with Crippen LogP contribution in [0.4, 0.5) is 10.1 Å². The Labute approximate surface area is 115 Å². The molecule has 2 aromatic carbocycles. The highest BCUT2D eigenvalue weighted by Gasteiger charge is 2.10. The Morgan fingerprint density at radius 2 is 1.95 bits per heavy atom. The maximum absolute atomic E-state index is 13.0. The quantitative estimate of drug-likeness (QED) is 0.880. The summed E-state index contributed by atoms with van der Waals surface area (Å²) in [5.41, 5.74) is 1.26. The Balaban J connectivity index is 2.12. The molecule has 2 aromatic rings. The van der Waals surface area contributed by atoms with E-state index in [1.807, 2.05) is 24.3 Å². The largest absolute Gasteiger partial charge is 0.497 e. The van der Waals surface area contributed by atoms with Crippen LogP contribution >= 0.6 is 0 Å². The van der Waals surface area contributed by atoms with Gasteiger partial charge in [0.05, 0.1) is 12.7 Å². The number of hydrogen-bond donors (Lipinski definition) is 2. The molecule has 0 aromatic heterocycles. The molecular weight excluding hydrogens is 261 g/mol. The van der Waals surface area contributed by atoms with Gasteiger partial charge in [0.2, 0.25) is 0 Å². The summed E-state index contributed by atoms with van der Waals surface area (Å²) in [5.74, 6) is -0.985. The normalized spacial score (nSPS) is 10.1. The van der Waals surface area contributed by atoms with Crippen molar-refractivity contribution < 1.29 is 19.0 Å². The van der Waals surface area contributed by atoms with Crippen molar-refractivity contribution in [2.45, 2.75) is 6.54 Å². The van der Waals surface area contributed by atoms with Crippen molar-refractivity contribution >= 4 is 11.7 Å². The lowest BCUT2D eigenvalue weighted by Crippen LogP contribution is -2.06. The Morgan fingerprint density at radius 3 is 2.55 bits per heavy atom. The monoisotopic (exact) mass is 275 g/mol. The van der Waals surface area contributed by atoms with Gasteiger partial charge in [0.25, 0.3) is 0 Å². The molecule has 2 N–H and O–H groups in total. The molecular formula is C15H14FNO3. The highest BCUT2D eigenvalue weighted by atomic mass is 19.1. The fraction of sp³-hybridized carbons (Fsp3) is 0.133. The molecule has 20 heavy (non-hydrogen) atoms. The van der Waals surface area contributed by atoms with E-state index >= 15 is 0 Å². The lowest BCUT2D eigenvalue weighted by atomic mass is 10.1. The van der Waals surface area contributed by atoms with Gasteiger partial charge in [-0.05, 0) is 35.9 Å². The lowest BCUT2D eigenvalue weighted by molar-refractivity contribution is 0.0697. The number of nitrogens with one attached hydrogen (secondary N) is 1. The molecule has 5 heteroatoms. The van der Waals surface area contributed by atoms with E-state index in [2.05, 4.69) is 5.32 Å². The van der Waals surface area contributed by atoms with Gasteiger partial charge in [-0.3, -0.25) is 0 Å². The molecule has 0 unspecified atom stereocenters. The van der Waals surface area contributed by atoms with Crippen molar-refractivity contribution in [2.24, 2.45) is 0 Å². The number of benzene rings is 2. The van der Waals surface area contributed by atoms with E-state index in [-0.39, 0.29) is 5.56 Å². The van der Waals surface area contributed by atoms with E-state index in [4.69, 9.17) is 9.84 Å². The Hall–Kier alpha value is -2.56. The third kappa shape index (κ3) is 3.26. The van der Waals surface area contributed by atoms with Crippen LogP contribution < -0.4 is 10.1 Å². The van der Waals surface area contributed by atoms with E-state index in [9.17, 15) is 9.18 Å². The second kappa shape index (κ2) is 6.06. The standard InChI is InChI=1S/C15H14FNO3/c1-20-12-5-2-10(3-6-12)9-17-14-7-4-11(16)8-13(14)15(18)19/h2-8,17H,9H2,1H3,(H,18,19). The van der Waals surface area contributed by atoms with Crippen molar-refractivity contribution in [3.8, 4) is 5.75 Å². The number of carboxylic acid groups (broad SMARTS) is 1. The number of anilines is 1. The Morgan fingerprint density at radius 1 is 1.25 bits per heavy atom. The molecule has 0 radical (unpaired) electrons. The maximum atomic E-state index is 13.0. The fourth-order valence-corrected chi connectivity index (χ4v) is 1.79. The summed E-state index contributed by atoms with van der Waals surface area (Å²) in [7, 11) is 1.59. The second-order valence-corrected chi connectivity index (χ2v) is 4.20. The predicted molar refractivity (Wildman–Crippen MR) is 73.7 cm³/mol. The van der Waals surface area contributed by atoms with Crippen molar-refractivity contribution in [1.82, 2.24) is 0 Å². The van der Waals surface area contributed by atoms with Crippen LogP contribution in [0.2, 0.25) is 0 Å². The van der Waals surface area contributed by atoms with Gasteiger partial charge in [-0.1, -0.05) is 12.1 Å². The molecule has 4 nitrogen and oxygen atoms in total. The minimum atomic E-state index is -1.17. The van der Waals surface area contributed by atoms with Gasteiger partial charge in [0.15, 0.2) is 0 Å². The number of carbonyl (C=O) groups is 1. The zero-order chi connectivity index (χ0) is 14.5. The number of methoxy groups -OCH3 is 1. The molecule has 0 atom stereocenters. The second-order valence-electron chi connectivity index (χ2n) is 4.20. The molecule has 2 rings (SSSR count). The van der Waals surface area contributed by atoms with Crippen LogP contribution in [-0.2, 0) is 6.54 Å². The van der Waals surface area contributed by atoms with Crippen LogP contribution in [0.15, 0.2) is 42.5 Å². The van der Waals surface area contributed by atoms with Crippen LogP contribution in [0, 0.1) is 5.82 Å². The molecule has 0 amide bonds. The van der Waals surface area contributed by atoms with Crippen LogP contribution in [0.5, 0.6) is 5.75 Å². The first-order valence-electron chi connectivity index (χ1n) is 6.00. The number of hydrogen-bond acceptors (Lipinski definition) is 3. The first kappa shape index (κ1) is 13.9. The summed E-state index contributed by atoms with van der Waals surface area (Å²) in [6.45, 7) is 0.440. The van der Waals surface area contributed by atoms with Gasteiger partial charge in [0, 0.05) is 12.2 Å². The van der Waals surface area contributed by atoms with Gasteiger partial charge < -0.3 is 15.2 Å². The first-order chi connectivity index (χ1) is 9.60. The average Bonchev–Trinajstić information content (AvgIpc) is 2.46. The predicted octanol–water partition coefficient (Wildman–Crippen LogP) is 3.14. The van der Waals surface area contributed by atoms with E-state index in [1.54, 1.807) is 7.11 Å². The molecule has 104 valence electrons. The summed E-state index contributed by atoms with van der Waals surface area (Å²) < 4.78 is 18.1. The molecule has 0 spiro atoms. The summed E-state index contributed by atoms with van der Waals surface area (Å²) in [4.78, 5) is 11.0. The van der Waals surface area contributed by atoms with E-state index in [1.165, 1.54) is 12.1 Å². The highest BCUT2D eigenvalue weighted by molar-refractivity contribution is 5.94. The third-order valence-electron chi connectivity index (χ3n) is 2.85. The topological polar surface area (TPSA) is 58.6 Å². The molecule has 0 aliphatic rings. The van der Waals surface area contributed by atoms with Crippen molar-refractivity contribution in [2.75, 3.05) is 12.4 Å². The number of carboxylic acids is 1. The zero-order valence-electron chi connectivity index (χ0n) is 10.9. The molecule has 0 saturated carbocycles. The minimum absolute atomic E-state index is 0.0847. The number of ether oxygens (including phenoxy) is 1. The minimum Gasteiger partial charge on any atom is -0.497 e. The molecule has 0 fully saturated rings. The molecule has 0 saturated heterocycles. The summed E-state index contributed by atoms with van der Waals surface area (Å²) in [5, 5.41) is 12.0. The van der Waals surface area contributed by atoms with Gasteiger partial charge in [-0.2, -0.15) is 0 Å². The van der Waals surface area contributed by atoms with E-state index in [0.717, 1.165) is 17.4 Å². The molecule has 0 heterocycles. The van der Waals surface area contributed by atoms with Gasteiger partial charge in [-0.15, -0.1) is 0 Å². The lowest BCUT2D eigenvalue weighted by Gasteiger charge is -2.10. The van der Waals surface area contributed by atoms with Crippen molar-refractivity contribution in [3.63, 3.8) is 0 Å². The van der Waals surface area contributed by atoms with Gasteiger partial charge in [0.1, 0.15) is 11.6 Å². The van der Waals surface area contributed by atoms with Crippen LogP contribution in [0.3, 0.4) is 0 Å². The van der Waals surface area contributed by atoms with Gasteiger partial charge in [-0.25, -0.2) is 9.18 Å². The fourth-order valence-electron chi connectivity index (χ4n) is 1.79. The number of aromatic carboxylic acids is 1. The molecule has 0 aliphatic carbocycles.